The molecule has 2 aliphatic rings. The summed E-state index contributed by atoms with van der Waals surface area (Å²) in [5.41, 5.74) is 1.52. The van der Waals surface area contributed by atoms with E-state index in [0.29, 0.717) is 6.54 Å². The molecule has 5 nitrogen and oxygen atoms in total. The average molecular weight is 324 g/mol. The first-order valence-electron chi connectivity index (χ1n) is 7.62. The van der Waals surface area contributed by atoms with E-state index in [1.54, 1.807) is 12.1 Å². The van der Waals surface area contributed by atoms with Gasteiger partial charge in [-0.2, -0.15) is 0 Å². The van der Waals surface area contributed by atoms with Gasteiger partial charge in [-0.25, -0.2) is 0 Å². The maximum atomic E-state index is 11.7. The number of nitrogens with one attached hydrogen (secondary N) is 3. The van der Waals surface area contributed by atoms with Crippen LogP contribution < -0.4 is 16.0 Å². The normalized spacial score (nSPS) is 16.5. The molecule has 3 N–H and O–H groups in total. The number of amides is 2. The van der Waals surface area contributed by atoms with Crippen LogP contribution in [0.5, 0.6) is 0 Å². The summed E-state index contributed by atoms with van der Waals surface area (Å²) in [5, 5.41) is 8.87. The van der Waals surface area contributed by atoms with Crippen LogP contribution in [0.4, 0.5) is 11.4 Å². The highest BCUT2D eigenvalue weighted by atomic mass is 35.5. The molecule has 6 heteroatoms. The fraction of sp³-hybridized carbons (Fsp3) is 0.500. The van der Waals surface area contributed by atoms with Crippen molar-refractivity contribution in [3.63, 3.8) is 0 Å². The molecule has 22 heavy (non-hydrogen) atoms. The van der Waals surface area contributed by atoms with E-state index in [2.05, 4.69) is 16.0 Å². The average Bonchev–Trinajstić information content (AvgIpc) is 3.34. The second-order valence-electron chi connectivity index (χ2n) is 5.96. The molecule has 0 aromatic heterocycles. The molecule has 0 aliphatic heterocycles. The summed E-state index contributed by atoms with van der Waals surface area (Å²) in [5.74, 6) is 1.02. The summed E-state index contributed by atoms with van der Waals surface area (Å²) in [6.45, 7) is 1.27. The molecule has 0 bridgehead atoms. The van der Waals surface area contributed by atoms with Crippen LogP contribution in [-0.4, -0.2) is 24.9 Å². The van der Waals surface area contributed by atoms with Crippen LogP contribution in [0.3, 0.4) is 0 Å². The summed E-state index contributed by atoms with van der Waals surface area (Å²) in [6, 6.07) is 7.24. The van der Waals surface area contributed by atoms with Crippen molar-refractivity contribution in [1.29, 1.82) is 0 Å². The van der Waals surface area contributed by atoms with E-state index >= 15 is 0 Å². The van der Waals surface area contributed by atoms with Crippen LogP contribution in [0.2, 0.25) is 0 Å². The molecule has 2 amide bonds. The van der Waals surface area contributed by atoms with Gasteiger partial charge < -0.3 is 16.0 Å². The van der Waals surface area contributed by atoms with Crippen LogP contribution in [0.25, 0.3) is 0 Å². The Morgan fingerprint density at radius 2 is 1.55 bits per heavy atom. The third-order valence-electron chi connectivity index (χ3n) is 3.80. The zero-order valence-corrected chi connectivity index (χ0v) is 13.2. The molecule has 0 radical (unpaired) electrons. The Hall–Kier alpha value is -1.59. The van der Waals surface area contributed by atoms with Crippen molar-refractivity contribution in [2.45, 2.75) is 25.7 Å². The summed E-state index contributed by atoms with van der Waals surface area (Å²) < 4.78 is 0. The maximum Gasteiger partial charge on any atom is 0.238 e. The lowest BCUT2D eigenvalue weighted by Crippen LogP contribution is -2.29. The smallest absolute Gasteiger partial charge is 0.238 e. The minimum absolute atomic E-state index is 0. The van der Waals surface area contributed by atoms with Gasteiger partial charge in [0, 0.05) is 17.3 Å². The molecular formula is C16H22ClN3O2. The molecule has 0 spiro atoms. The molecule has 0 saturated heterocycles. The molecule has 3 rings (SSSR count). The van der Waals surface area contributed by atoms with Gasteiger partial charge in [0.2, 0.25) is 11.8 Å². The van der Waals surface area contributed by atoms with E-state index in [1.165, 1.54) is 12.8 Å². The third kappa shape index (κ3) is 5.31. The predicted octanol–water partition coefficient (Wildman–Crippen LogP) is 2.40. The Balaban J connectivity index is 0.00000176. The quantitative estimate of drug-likeness (QED) is 0.721. The summed E-state index contributed by atoms with van der Waals surface area (Å²) in [4.78, 5) is 23.4. The first-order chi connectivity index (χ1) is 10.2. The molecule has 2 saturated carbocycles. The van der Waals surface area contributed by atoms with Gasteiger partial charge in [-0.15, -0.1) is 12.4 Å². The molecule has 2 fully saturated rings. The minimum Gasteiger partial charge on any atom is -0.326 e. The number of anilines is 2. The second kappa shape index (κ2) is 7.61. The number of carbonyl (C=O) groups is 2. The Morgan fingerprint density at radius 3 is 2.09 bits per heavy atom. The number of benzene rings is 1. The van der Waals surface area contributed by atoms with Crippen molar-refractivity contribution >= 4 is 35.6 Å². The van der Waals surface area contributed by atoms with Gasteiger partial charge in [-0.05, 0) is 62.4 Å². The van der Waals surface area contributed by atoms with Crippen LogP contribution in [-0.2, 0) is 9.59 Å². The van der Waals surface area contributed by atoms with Gasteiger partial charge >= 0.3 is 0 Å². The van der Waals surface area contributed by atoms with Gasteiger partial charge in [0.1, 0.15) is 0 Å². The van der Waals surface area contributed by atoms with Crippen molar-refractivity contribution in [2.75, 3.05) is 23.7 Å². The van der Waals surface area contributed by atoms with Gasteiger partial charge in [0.05, 0.1) is 6.54 Å². The highest BCUT2D eigenvalue weighted by molar-refractivity contribution is 5.95. The molecule has 2 aliphatic carbocycles. The van der Waals surface area contributed by atoms with E-state index in [9.17, 15) is 9.59 Å². The number of hydrogen-bond donors (Lipinski definition) is 3. The molecule has 0 atom stereocenters. The number of carbonyl (C=O) groups excluding carboxylic acids is 2. The summed E-state index contributed by atoms with van der Waals surface area (Å²) in [6.07, 6.45) is 4.55. The van der Waals surface area contributed by atoms with Gasteiger partial charge in [-0.1, -0.05) is 0 Å². The van der Waals surface area contributed by atoms with E-state index in [4.69, 9.17) is 0 Å². The Kier molecular flexibility index (Phi) is 5.80. The SMILES string of the molecule is Cl.O=C(CNCC1CC1)Nc1ccc(NC(=O)C2CC2)cc1. The predicted molar refractivity (Wildman–Crippen MR) is 89.3 cm³/mol. The maximum absolute atomic E-state index is 11.7. The molecule has 1 aromatic carbocycles. The lowest BCUT2D eigenvalue weighted by Gasteiger charge is -2.08. The summed E-state index contributed by atoms with van der Waals surface area (Å²) in [7, 11) is 0. The third-order valence-corrected chi connectivity index (χ3v) is 3.80. The second-order valence-corrected chi connectivity index (χ2v) is 5.96. The van der Waals surface area contributed by atoms with Gasteiger partial charge in [0.25, 0.3) is 0 Å². The molecule has 120 valence electrons. The van der Waals surface area contributed by atoms with E-state index in [1.807, 2.05) is 12.1 Å². The van der Waals surface area contributed by atoms with Crippen molar-refractivity contribution in [1.82, 2.24) is 5.32 Å². The van der Waals surface area contributed by atoms with Crippen LogP contribution >= 0.6 is 12.4 Å². The van der Waals surface area contributed by atoms with Crippen molar-refractivity contribution in [2.24, 2.45) is 11.8 Å². The van der Waals surface area contributed by atoms with Crippen LogP contribution in [0.15, 0.2) is 24.3 Å². The van der Waals surface area contributed by atoms with Crippen molar-refractivity contribution < 1.29 is 9.59 Å². The van der Waals surface area contributed by atoms with Crippen molar-refractivity contribution in [3.05, 3.63) is 24.3 Å². The lowest BCUT2D eigenvalue weighted by molar-refractivity contribution is -0.117. The highest BCUT2D eigenvalue weighted by Gasteiger charge is 2.29. The number of hydrogen-bond acceptors (Lipinski definition) is 3. The number of rotatable bonds is 7. The van der Waals surface area contributed by atoms with E-state index in [0.717, 1.165) is 36.7 Å². The Bertz CT molecular complexity index is 525. The fourth-order valence-corrected chi connectivity index (χ4v) is 2.14. The monoisotopic (exact) mass is 323 g/mol. The Labute approximate surface area is 136 Å². The first-order valence-corrected chi connectivity index (χ1v) is 7.62. The number of halogens is 1. The minimum atomic E-state index is -0.0367. The van der Waals surface area contributed by atoms with Gasteiger partial charge in [0.15, 0.2) is 0 Å². The molecular weight excluding hydrogens is 302 g/mol. The molecule has 0 unspecified atom stereocenters. The zero-order chi connectivity index (χ0) is 14.7. The topological polar surface area (TPSA) is 70.2 Å². The highest BCUT2D eigenvalue weighted by Crippen LogP contribution is 2.30. The largest absolute Gasteiger partial charge is 0.326 e. The Morgan fingerprint density at radius 1 is 0.955 bits per heavy atom. The van der Waals surface area contributed by atoms with E-state index < -0.39 is 0 Å². The van der Waals surface area contributed by atoms with Crippen LogP contribution in [0, 0.1) is 11.8 Å². The first kappa shape index (κ1) is 16.8. The summed E-state index contributed by atoms with van der Waals surface area (Å²) >= 11 is 0. The van der Waals surface area contributed by atoms with Gasteiger partial charge in [-0.3, -0.25) is 9.59 Å². The van der Waals surface area contributed by atoms with Crippen molar-refractivity contribution in [3.8, 4) is 0 Å². The fourth-order valence-electron chi connectivity index (χ4n) is 2.14. The molecule has 1 aromatic rings. The lowest BCUT2D eigenvalue weighted by atomic mass is 10.2. The van der Waals surface area contributed by atoms with E-state index in [-0.39, 0.29) is 30.1 Å². The standard InChI is InChI=1S/C16H21N3O2.ClH/c20-15(10-17-9-11-1-2-11)18-13-5-7-14(8-6-13)19-16(21)12-3-4-12;/h5-8,11-12,17H,1-4,9-10H2,(H,18,20)(H,19,21);1H. The van der Waals surface area contributed by atoms with Crippen LogP contribution in [0.1, 0.15) is 25.7 Å². The zero-order valence-electron chi connectivity index (χ0n) is 12.4. The molecule has 0 heterocycles.